The van der Waals surface area contributed by atoms with E-state index in [9.17, 15) is 4.39 Å². The van der Waals surface area contributed by atoms with Gasteiger partial charge in [-0.25, -0.2) is 4.39 Å². The summed E-state index contributed by atoms with van der Waals surface area (Å²) in [6.45, 7) is 1.86. The Kier molecular flexibility index (Phi) is 2.49. The molecule has 0 bridgehead atoms. The second kappa shape index (κ2) is 3.22. The Hall–Kier alpha value is -0.570. The third-order valence-electron chi connectivity index (χ3n) is 1.50. The van der Waals surface area contributed by atoms with E-state index in [1.165, 1.54) is 6.07 Å². The van der Waals surface area contributed by atoms with Crippen molar-refractivity contribution < 1.29 is 4.39 Å². The number of anilines is 1. The highest BCUT2D eigenvalue weighted by Gasteiger charge is 2.03. The molecule has 1 N–H and O–H groups in total. The van der Waals surface area contributed by atoms with Gasteiger partial charge in [0.15, 0.2) is 0 Å². The standard InChI is InChI=1S/C8H9BrFN/c1-5-3-6(9)4-7(10)8(5)11-2/h3-4,11H,1-2H3. The molecule has 0 aromatic heterocycles. The molecule has 0 unspecified atom stereocenters. The highest BCUT2D eigenvalue weighted by Crippen LogP contribution is 2.23. The Morgan fingerprint density at radius 2 is 2.09 bits per heavy atom. The summed E-state index contributed by atoms with van der Waals surface area (Å²) >= 11 is 3.21. The lowest BCUT2D eigenvalue weighted by Crippen LogP contribution is -1.95. The third-order valence-corrected chi connectivity index (χ3v) is 1.96. The first-order valence-electron chi connectivity index (χ1n) is 3.28. The maximum Gasteiger partial charge on any atom is 0.147 e. The summed E-state index contributed by atoms with van der Waals surface area (Å²) in [6, 6.07) is 3.31. The van der Waals surface area contributed by atoms with Crippen LogP contribution in [0.2, 0.25) is 0 Å². The molecular formula is C8H9BrFN. The molecule has 0 fully saturated rings. The molecule has 0 saturated heterocycles. The van der Waals surface area contributed by atoms with Gasteiger partial charge in [-0.2, -0.15) is 0 Å². The Bertz CT molecular complexity index is 250. The van der Waals surface area contributed by atoms with Crippen LogP contribution in [0.25, 0.3) is 0 Å². The lowest BCUT2D eigenvalue weighted by Gasteiger charge is -2.06. The normalized spacial score (nSPS) is 9.82. The zero-order valence-corrected chi connectivity index (χ0v) is 8.00. The van der Waals surface area contributed by atoms with E-state index in [0.717, 1.165) is 10.0 Å². The number of nitrogens with one attached hydrogen (secondary N) is 1. The second-order valence-electron chi connectivity index (χ2n) is 2.33. The summed E-state index contributed by atoms with van der Waals surface area (Å²) in [5, 5.41) is 2.79. The number of hydrogen-bond donors (Lipinski definition) is 1. The second-order valence-corrected chi connectivity index (χ2v) is 3.25. The van der Waals surface area contributed by atoms with Crippen molar-refractivity contribution in [3.05, 3.63) is 28.0 Å². The number of rotatable bonds is 1. The molecule has 0 aliphatic carbocycles. The predicted octanol–water partition coefficient (Wildman–Crippen LogP) is 2.94. The van der Waals surface area contributed by atoms with Gasteiger partial charge in [-0.15, -0.1) is 0 Å². The number of hydrogen-bond acceptors (Lipinski definition) is 1. The van der Waals surface area contributed by atoms with Crippen molar-refractivity contribution in [1.82, 2.24) is 0 Å². The van der Waals surface area contributed by atoms with E-state index >= 15 is 0 Å². The van der Waals surface area contributed by atoms with Crippen LogP contribution in [-0.4, -0.2) is 7.05 Å². The fourth-order valence-electron chi connectivity index (χ4n) is 1.02. The van der Waals surface area contributed by atoms with Crippen LogP contribution in [0, 0.1) is 12.7 Å². The average molecular weight is 218 g/mol. The molecule has 0 radical (unpaired) electrons. The molecule has 1 nitrogen and oxygen atoms in total. The Labute approximate surface area is 73.7 Å². The Morgan fingerprint density at radius 3 is 2.55 bits per heavy atom. The first-order chi connectivity index (χ1) is 5.15. The SMILES string of the molecule is CNc1c(C)cc(Br)cc1F. The maximum atomic E-state index is 13.0. The lowest BCUT2D eigenvalue weighted by atomic mass is 10.2. The highest BCUT2D eigenvalue weighted by atomic mass is 79.9. The van der Waals surface area contributed by atoms with Crippen LogP contribution in [0.1, 0.15) is 5.56 Å². The topological polar surface area (TPSA) is 12.0 Å². The zero-order chi connectivity index (χ0) is 8.43. The summed E-state index contributed by atoms with van der Waals surface area (Å²) in [5.74, 6) is -0.223. The summed E-state index contributed by atoms with van der Waals surface area (Å²) in [6.07, 6.45) is 0. The van der Waals surface area contributed by atoms with Gasteiger partial charge in [0.05, 0.1) is 5.69 Å². The third kappa shape index (κ3) is 1.71. The summed E-state index contributed by atoms with van der Waals surface area (Å²) in [5.41, 5.74) is 1.47. The minimum Gasteiger partial charge on any atom is -0.386 e. The minimum atomic E-state index is -0.223. The van der Waals surface area contributed by atoms with Gasteiger partial charge >= 0.3 is 0 Å². The molecule has 0 spiro atoms. The van der Waals surface area contributed by atoms with E-state index in [1.807, 2.05) is 13.0 Å². The van der Waals surface area contributed by atoms with Crippen LogP contribution in [0.15, 0.2) is 16.6 Å². The van der Waals surface area contributed by atoms with Crippen molar-refractivity contribution in [2.24, 2.45) is 0 Å². The maximum absolute atomic E-state index is 13.0. The van der Waals surface area contributed by atoms with Crippen LogP contribution in [0.4, 0.5) is 10.1 Å². The van der Waals surface area contributed by atoms with Gasteiger partial charge in [-0.1, -0.05) is 15.9 Å². The smallest absolute Gasteiger partial charge is 0.147 e. The van der Waals surface area contributed by atoms with Crippen molar-refractivity contribution in [2.45, 2.75) is 6.92 Å². The summed E-state index contributed by atoms with van der Waals surface area (Å²) in [4.78, 5) is 0. The molecule has 11 heavy (non-hydrogen) atoms. The molecule has 0 atom stereocenters. The molecule has 0 heterocycles. The van der Waals surface area contributed by atoms with Crippen LogP contribution in [0.3, 0.4) is 0 Å². The molecule has 1 rings (SSSR count). The van der Waals surface area contributed by atoms with E-state index in [0.29, 0.717) is 5.69 Å². The van der Waals surface area contributed by atoms with Gasteiger partial charge < -0.3 is 5.32 Å². The quantitative estimate of drug-likeness (QED) is 0.764. The summed E-state index contributed by atoms with van der Waals surface area (Å²) < 4.78 is 13.8. The van der Waals surface area contributed by atoms with Crippen LogP contribution in [-0.2, 0) is 0 Å². The molecule has 0 amide bonds. The molecule has 1 aromatic rings. The summed E-state index contributed by atoms with van der Waals surface area (Å²) in [7, 11) is 1.71. The van der Waals surface area contributed by atoms with Gasteiger partial charge in [0, 0.05) is 11.5 Å². The van der Waals surface area contributed by atoms with Crippen molar-refractivity contribution >= 4 is 21.6 Å². The van der Waals surface area contributed by atoms with E-state index < -0.39 is 0 Å². The minimum absolute atomic E-state index is 0.223. The fraction of sp³-hybridized carbons (Fsp3) is 0.250. The van der Waals surface area contributed by atoms with Gasteiger partial charge in [0.2, 0.25) is 0 Å². The van der Waals surface area contributed by atoms with Gasteiger partial charge in [0.25, 0.3) is 0 Å². The lowest BCUT2D eigenvalue weighted by molar-refractivity contribution is 0.629. The Balaban J connectivity index is 3.25. The van der Waals surface area contributed by atoms with Crippen LogP contribution >= 0.6 is 15.9 Å². The molecule has 3 heteroatoms. The zero-order valence-electron chi connectivity index (χ0n) is 6.41. The first kappa shape index (κ1) is 8.53. The average Bonchev–Trinajstić information content (AvgIpc) is 1.85. The monoisotopic (exact) mass is 217 g/mol. The molecule has 0 aliphatic heterocycles. The van der Waals surface area contributed by atoms with E-state index in [1.54, 1.807) is 7.05 Å². The van der Waals surface area contributed by atoms with E-state index in [2.05, 4.69) is 21.2 Å². The van der Waals surface area contributed by atoms with Crippen LogP contribution in [0.5, 0.6) is 0 Å². The van der Waals surface area contributed by atoms with E-state index in [-0.39, 0.29) is 5.82 Å². The van der Waals surface area contributed by atoms with Crippen molar-refractivity contribution in [3.63, 3.8) is 0 Å². The van der Waals surface area contributed by atoms with Gasteiger partial charge in [-0.3, -0.25) is 0 Å². The van der Waals surface area contributed by atoms with Crippen molar-refractivity contribution in [3.8, 4) is 0 Å². The molecule has 60 valence electrons. The van der Waals surface area contributed by atoms with Gasteiger partial charge in [-0.05, 0) is 24.6 Å². The molecule has 0 aliphatic rings. The molecule has 0 saturated carbocycles. The number of halogens is 2. The van der Waals surface area contributed by atoms with Crippen molar-refractivity contribution in [1.29, 1.82) is 0 Å². The fourth-order valence-corrected chi connectivity index (χ4v) is 1.56. The van der Waals surface area contributed by atoms with Crippen LogP contribution < -0.4 is 5.32 Å². The number of benzene rings is 1. The first-order valence-corrected chi connectivity index (χ1v) is 4.08. The number of aryl methyl sites for hydroxylation is 1. The Morgan fingerprint density at radius 1 is 1.45 bits per heavy atom. The van der Waals surface area contributed by atoms with E-state index in [4.69, 9.17) is 0 Å². The van der Waals surface area contributed by atoms with Gasteiger partial charge in [0.1, 0.15) is 5.82 Å². The molecular weight excluding hydrogens is 209 g/mol. The molecule has 1 aromatic carbocycles. The predicted molar refractivity (Wildman–Crippen MR) is 48.4 cm³/mol. The van der Waals surface area contributed by atoms with Crippen molar-refractivity contribution in [2.75, 3.05) is 12.4 Å². The highest BCUT2D eigenvalue weighted by molar-refractivity contribution is 9.10. The largest absolute Gasteiger partial charge is 0.386 e.